The highest BCUT2D eigenvalue weighted by atomic mass is 32.2. The second kappa shape index (κ2) is 14.3. The molecule has 0 radical (unpaired) electrons. The normalized spacial score (nSPS) is 17.1. The van der Waals surface area contributed by atoms with Crippen molar-refractivity contribution in [3.8, 4) is 0 Å². The summed E-state index contributed by atoms with van der Waals surface area (Å²) in [6, 6.07) is 6.81. The maximum atomic E-state index is 13.6. The Kier molecular flexibility index (Phi) is 10.6. The van der Waals surface area contributed by atoms with Gasteiger partial charge < -0.3 is 4.90 Å². The number of amides is 4. The quantitative estimate of drug-likeness (QED) is 0.222. The molecule has 2 aromatic carbocycles. The van der Waals surface area contributed by atoms with E-state index < -0.39 is 71.8 Å². The highest BCUT2D eigenvalue weighted by Crippen LogP contribution is 2.53. The molecule has 3 heterocycles. The van der Waals surface area contributed by atoms with Gasteiger partial charge in [-0.1, -0.05) is 43.0 Å². The van der Waals surface area contributed by atoms with Gasteiger partial charge in [-0.3, -0.25) is 38.8 Å². The van der Waals surface area contributed by atoms with E-state index in [9.17, 15) is 71.9 Å². The van der Waals surface area contributed by atoms with Crippen molar-refractivity contribution in [2.75, 3.05) is 4.90 Å². The minimum Gasteiger partial charge on any atom is -0.312 e. The van der Waals surface area contributed by atoms with Crippen molar-refractivity contribution in [3.05, 3.63) is 96.3 Å². The lowest BCUT2D eigenvalue weighted by atomic mass is 10.1. The number of halogens is 12. The highest BCUT2D eigenvalue weighted by molar-refractivity contribution is 7.99. The fourth-order valence-electron chi connectivity index (χ4n) is 5.86. The Morgan fingerprint density at radius 1 is 0.600 bits per heavy atom. The molecule has 2 aromatic rings. The summed E-state index contributed by atoms with van der Waals surface area (Å²) in [5.74, 6) is -10.5. The average molecular weight is 814 g/mol. The van der Waals surface area contributed by atoms with Gasteiger partial charge in [-0.2, -0.15) is 52.7 Å². The van der Waals surface area contributed by atoms with E-state index in [-0.39, 0.29) is 47.2 Å². The lowest BCUT2D eigenvalue weighted by Gasteiger charge is -2.37. The van der Waals surface area contributed by atoms with E-state index in [1.807, 2.05) is 0 Å². The van der Waals surface area contributed by atoms with E-state index in [2.05, 4.69) is 0 Å². The van der Waals surface area contributed by atoms with Crippen LogP contribution < -0.4 is 4.90 Å². The van der Waals surface area contributed by atoms with Crippen LogP contribution in [0.5, 0.6) is 0 Å². The molecular formula is C33H23F12N5O4S. The van der Waals surface area contributed by atoms with E-state index >= 15 is 0 Å². The fraction of sp³-hybridized carbons (Fsp3) is 0.273. The van der Waals surface area contributed by atoms with Crippen molar-refractivity contribution < 1.29 is 71.9 Å². The maximum absolute atomic E-state index is 13.6. The number of alkyl halides is 12. The van der Waals surface area contributed by atoms with Gasteiger partial charge in [0, 0.05) is 40.3 Å². The molecule has 294 valence electrons. The Balaban J connectivity index is 1.69. The van der Waals surface area contributed by atoms with Gasteiger partial charge in [-0.05, 0) is 54.8 Å². The number of nitrogens with zero attached hydrogens (tertiary/aromatic N) is 5. The SMILES string of the molecule is C/C=C\C=C(/CC)N1c2ccc(C3N(C(=O)C(F)(F)F)C=CN3C(=O)C(F)(F)F)cc2Sc2cc(C3N(C(=O)C(F)(F)F)C=CN3C(=O)C(F)(F)F)ccc21. The lowest BCUT2D eigenvalue weighted by molar-refractivity contribution is -0.193. The second-order valence-electron chi connectivity index (χ2n) is 11.6. The summed E-state index contributed by atoms with van der Waals surface area (Å²) in [5, 5.41) is 0. The van der Waals surface area contributed by atoms with Crippen molar-refractivity contribution in [1.29, 1.82) is 0 Å². The number of rotatable bonds is 5. The van der Waals surface area contributed by atoms with Crippen LogP contribution in [0.3, 0.4) is 0 Å². The summed E-state index contributed by atoms with van der Waals surface area (Å²) in [7, 11) is 0. The molecule has 9 nitrogen and oxygen atoms in total. The van der Waals surface area contributed by atoms with E-state index in [1.54, 1.807) is 37.0 Å². The zero-order valence-corrected chi connectivity index (χ0v) is 28.5. The molecule has 0 bridgehead atoms. The smallest absolute Gasteiger partial charge is 0.312 e. The molecule has 5 rings (SSSR count). The van der Waals surface area contributed by atoms with Crippen LogP contribution in [0, 0.1) is 0 Å². The number of hydrogen-bond donors (Lipinski definition) is 0. The Bertz CT molecular complexity index is 1840. The van der Waals surface area contributed by atoms with Gasteiger partial charge in [0.1, 0.15) is 12.3 Å². The predicted octanol–water partition coefficient (Wildman–Crippen LogP) is 8.69. The van der Waals surface area contributed by atoms with Gasteiger partial charge in [-0.15, -0.1) is 0 Å². The highest BCUT2D eigenvalue weighted by Gasteiger charge is 2.54. The number of allylic oxidation sites excluding steroid dienone is 4. The van der Waals surface area contributed by atoms with Crippen molar-refractivity contribution in [1.82, 2.24) is 19.6 Å². The van der Waals surface area contributed by atoms with Crippen molar-refractivity contribution >= 4 is 46.8 Å². The monoisotopic (exact) mass is 813 g/mol. The summed E-state index contributed by atoms with van der Waals surface area (Å²) < 4.78 is 163. The first-order valence-corrected chi connectivity index (χ1v) is 16.3. The van der Waals surface area contributed by atoms with Crippen LogP contribution in [0.4, 0.5) is 64.1 Å². The Morgan fingerprint density at radius 3 is 1.20 bits per heavy atom. The van der Waals surface area contributed by atoms with Gasteiger partial charge in [0.2, 0.25) is 0 Å². The topological polar surface area (TPSA) is 84.5 Å². The summed E-state index contributed by atoms with van der Waals surface area (Å²) >= 11 is 0.714. The fourth-order valence-corrected chi connectivity index (χ4v) is 7.01. The van der Waals surface area contributed by atoms with Crippen molar-refractivity contribution in [2.24, 2.45) is 0 Å². The molecule has 0 N–H and O–H groups in total. The Labute approximate surface area is 306 Å². The minimum absolute atomic E-state index is 0.0312. The molecule has 0 aliphatic carbocycles. The van der Waals surface area contributed by atoms with Crippen molar-refractivity contribution in [3.63, 3.8) is 0 Å². The molecule has 0 saturated heterocycles. The summed E-state index contributed by atoms with van der Waals surface area (Å²) in [5.41, 5.74) is 0.0863. The third kappa shape index (κ3) is 7.76. The second-order valence-corrected chi connectivity index (χ2v) is 12.7. The summed E-state index contributed by atoms with van der Waals surface area (Å²) in [4.78, 5) is 50.5. The molecule has 0 spiro atoms. The minimum atomic E-state index is -5.60. The predicted molar refractivity (Wildman–Crippen MR) is 168 cm³/mol. The molecule has 4 amide bonds. The summed E-state index contributed by atoms with van der Waals surface area (Å²) in [6.45, 7) is 3.38. The molecular weight excluding hydrogens is 790 g/mol. The molecule has 0 atom stereocenters. The largest absolute Gasteiger partial charge is 0.471 e. The average Bonchev–Trinajstić information content (AvgIpc) is 3.73. The van der Waals surface area contributed by atoms with Crippen LogP contribution in [0.15, 0.2) is 94.9 Å². The molecule has 0 unspecified atom stereocenters. The van der Waals surface area contributed by atoms with E-state index in [0.717, 1.165) is 24.3 Å². The Hall–Kier alpha value is -5.41. The first kappa shape index (κ1) is 40.8. The van der Waals surface area contributed by atoms with Gasteiger partial charge in [-0.25, -0.2) is 0 Å². The number of benzene rings is 2. The van der Waals surface area contributed by atoms with E-state index in [1.165, 1.54) is 12.1 Å². The van der Waals surface area contributed by atoms with E-state index in [0.29, 0.717) is 42.3 Å². The first-order valence-electron chi connectivity index (χ1n) is 15.4. The van der Waals surface area contributed by atoms with Gasteiger partial charge in [0.05, 0.1) is 11.4 Å². The van der Waals surface area contributed by atoms with Crippen LogP contribution in [-0.4, -0.2) is 67.9 Å². The zero-order valence-electron chi connectivity index (χ0n) is 27.7. The number of carbonyl (C=O) groups excluding carboxylic acids is 4. The molecule has 0 saturated carbocycles. The standard InChI is InChI=1S/C33H23F12N5O4S/c1-3-5-6-19(4-2)50-20-9-7-17(24-46(26(51)30(34,35)36)11-12-47(24)27(52)31(37,38)39)15-22(20)55-23-16-18(8-10-21(23)50)25-48(28(53)32(40,41)42)13-14-49(25)29(54)33(43,44)45/h3,5-16,24-25H,4H2,1-2H3/b5-3-,19-6+. The summed E-state index contributed by atoms with van der Waals surface area (Å²) in [6.07, 6.45) is -20.5. The van der Waals surface area contributed by atoms with Crippen LogP contribution in [-0.2, 0) is 19.2 Å². The van der Waals surface area contributed by atoms with Gasteiger partial charge >= 0.3 is 48.3 Å². The van der Waals surface area contributed by atoms with E-state index in [4.69, 9.17) is 0 Å². The van der Waals surface area contributed by atoms with Crippen LogP contribution in [0.25, 0.3) is 0 Å². The van der Waals surface area contributed by atoms with Gasteiger partial charge in [0.15, 0.2) is 0 Å². The molecule has 0 fully saturated rings. The number of fused-ring (bicyclic) bond motifs is 2. The molecule has 3 aliphatic rings. The molecule has 3 aliphatic heterocycles. The molecule has 0 aromatic heterocycles. The lowest BCUT2D eigenvalue weighted by Crippen LogP contribution is -2.46. The number of anilines is 2. The molecule has 22 heteroatoms. The van der Waals surface area contributed by atoms with Gasteiger partial charge in [0.25, 0.3) is 0 Å². The number of hydrogen-bond acceptors (Lipinski definition) is 6. The van der Waals surface area contributed by atoms with Crippen LogP contribution in [0.2, 0.25) is 0 Å². The maximum Gasteiger partial charge on any atom is 0.471 e. The molecule has 55 heavy (non-hydrogen) atoms. The zero-order chi connectivity index (χ0) is 41.0. The third-order valence-corrected chi connectivity index (χ3v) is 9.23. The third-order valence-electron chi connectivity index (χ3n) is 8.13. The van der Waals surface area contributed by atoms with Crippen LogP contribution in [0.1, 0.15) is 43.7 Å². The first-order chi connectivity index (χ1) is 25.4. The van der Waals surface area contributed by atoms with Crippen molar-refractivity contribution in [2.45, 2.75) is 67.1 Å². The van der Waals surface area contributed by atoms with Crippen LogP contribution >= 0.6 is 11.8 Å². The number of carbonyl (C=O) groups is 4. The Morgan fingerprint density at radius 2 is 0.927 bits per heavy atom.